The van der Waals surface area contributed by atoms with Gasteiger partial charge in [0.1, 0.15) is 0 Å². The zero-order chi connectivity index (χ0) is 17.3. The fourth-order valence-electron chi connectivity index (χ4n) is 3.84. The second-order valence-corrected chi connectivity index (χ2v) is 7.39. The highest BCUT2D eigenvalue weighted by atomic mass is 16.2. The van der Waals surface area contributed by atoms with Gasteiger partial charge in [-0.3, -0.25) is 9.59 Å². The van der Waals surface area contributed by atoms with Gasteiger partial charge in [0.25, 0.3) is 0 Å². The number of carbonyl (C=O) groups is 2. The fourth-order valence-corrected chi connectivity index (χ4v) is 3.84. The quantitative estimate of drug-likeness (QED) is 0.856. The maximum atomic E-state index is 12.7. The molecule has 2 fully saturated rings. The van der Waals surface area contributed by atoms with Gasteiger partial charge in [-0.15, -0.1) is 0 Å². The lowest BCUT2D eigenvalue weighted by molar-refractivity contribution is -0.143. The summed E-state index contributed by atoms with van der Waals surface area (Å²) < 4.78 is 0. The number of rotatable bonds is 3. The Kier molecular flexibility index (Phi) is 4.93. The minimum Gasteiger partial charge on any atom is -0.339 e. The summed E-state index contributed by atoms with van der Waals surface area (Å²) in [7, 11) is 0. The second kappa shape index (κ2) is 6.96. The molecule has 3 rings (SSSR count). The summed E-state index contributed by atoms with van der Waals surface area (Å²) in [6.07, 6.45) is 3.74. The number of aryl methyl sites for hydroxylation is 3. The van der Waals surface area contributed by atoms with Crippen molar-refractivity contribution < 1.29 is 9.59 Å². The highest BCUT2D eigenvalue weighted by Crippen LogP contribution is 2.28. The van der Waals surface area contributed by atoms with E-state index in [0.717, 1.165) is 18.4 Å². The average Bonchev–Trinajstić information content (AvgIpc) is 2.49. The van der Waals surface area contributed by atoms with Crippen LogP contribution in [0.25, 0.3) is 0 Å². The first-order valence-corrected chi connectivity index (χ1v) is 9.09. The van der Waals surface area contributed by atoms with Crippen molar-refractivity contribution in [1.29, 1.82) is 0 Å². The first-order chi connectivity index (χ1) is 11.5. The van der Waals surface area contributed by atoms with Crippen LogP contribution in [0.4, 0.5) is 0 Å². The normalized spacial score (nSPS) is 18.5. The third kappa shape index (κ3) is 3.47. The first-order valence-electron chi connectivity index (χ1n) is 9.09. The van der Waals surface area contributed by atoms with Gasteiger partial charge >= 0.3 is 0 Å². The number of hydrogen-bond acceptors (Lipinski definition) is 2. The Hall–Kier alpha value is -1.84. The molecule has 0 bridgehead atoms. The van der Waals surface area contributed by atoms with Crippen molar-refractivity contribution in [3.8, 4) is 0 Å². The van der Waals surface area contributed by atoms with Gasteiger partial charge in [-0.2, -0.15) is 0 Å². The Morgan fingerprint density at radius 3 is 2.00 bits per heavy atom. The van der Waals surface area contributed by atoms with E-state index < -0.39 is 0 Å². The van der Waals surface area contributed by atoms with Crippen LogP contribution >= 0.6 is 0 Å². The lowest BCUT2D eigenvalue weighted by Gasteiger charge is -2.38. The number of carbonyl (C=O) groups excluding carboxylic acids is 2. The largest absolute Gasteiger partial charge is 0.339 e. The van der Waals surface area contributed by atoms with Gasteiger partial charge in [-0.25, -0.2) is 0 Å². The predicted molar refractivity (Wildman–Crippen MR) is 94.9 cm³/mol. The van der Waals surface area contributed by atoms with Crippen LogP contribution in [0.1, 0.15) is 41.5 Å². The molecule has 4 heteroatoms. The number of piperazine rings is 1. The molecule has 2 aliphatic rings. The molecular formula is C20H28N2O2. The van der Waals surface area contributed by atoms with E-state index in [-0.39, 0.29) is 11.8 Å². The molecule has 0 atom stereocenters. The van der Waals surface area contributed by atoms with E-state index in [1.54, 1.807) is 0 Å². The highest BCUT2D eigenvalue weighted by Gasteiger charge is 2.32. The summed E-state index contributed by atoms with van der Waals surface area (Å²) in [6, 6.07) is 4.29. The summed E-state index contributed by atoms with van der Waals surface area (Å²) in [5.41, 5.74) is 4.78. The van der Waals surface area contributed by atoms with Crippen molar-refractivity contribution in [3.05, 3.63) is 34.4 Å². The van der Waals surface area contributed by atoms with Gasteiger partial charge in [-0.05, 0) is 50.3 Å². The molecule has 4 nitrogen and oxygen atoms in total. The monoisotopic (exact) mass is 328 g/mol. The van der Waals surface area contributed by atoms with E-state index in [2.05, 4.69) is 32.9 Å². The van der Waals surface area contributed by atoms with Crippen molar-refractivity contribution in [1.82, 2.24) is 9.80 Å². The van der Waals surface area contributed by atoms with E-state index in [0.29, 0.717) is 38.5 Å². The highest BCUT2D eigenvalue weighted by molar-refractivity contribution is 5.81. The molecule has 1 aromatic rings. The Morgan fingerprint density at radius 1 is 0.958 bits per heavy atom. The van der Waals surface area contributed by atoms with Crippen LogP contribution < -0.4 is 0 Å². The lowest BCUT2D eigenvalue weighted by Crippen LogP contribution is -2.52. The fraction of sp³-hybridized carbons (Fsp3) is 0.600. The molecule has 130 valence electrons. The van der Waals surface area contributed by atoms with E-state index >= 15 is 0 Å². The summed E-state index contributed by atoms with van der Waals surface area (Å²) in [5, 5.41) is 0. The van der Waals surface area contributed by atoms with Gasteiger partial charge in [0.05, 0.1) is 6.42 Å². The third-order valence-electron chi connectivity index (χ3n) is 5.57. The molecule has 1 aromatic carbocycles. The molecule has 1 saturated heterocycles. The smallest absolute Gasteiger partial charge is 0.227 e. The number of nitrogens with zero attached hydrogens (tertiary/aromatic N) is 2. The van der Waals surface area contributed by atoms with Gasteiger partial charge in [0, 0.05) is 32.1 Å². The Morgan fingerprint density at radius 2 is 1.50 bits per heavy atom. The third-order valence-corrected chi connectivity index (χ3v) is 5.57. The van der Waals surface area contributed by atoms with Gasteiger partial charge in [-0.1, -0.05) is 24.1 Å². The second-order valence-electron chi connectivity index (χ2n) is 7.39. The standard InChI is InChI=1S/C20H28N2O2/c1-14-11-15(2)18(16(3)12-14)13-19(23)21-7-9-22(10-8-21)20(24)17-5-4-6-17/h11-12,17H,4-10,13H2,1-3H3. The molecule has 0 unspecified atom stereocenters. The molecule has 1 aliphatic heterocycles. The first kappa shape index (κ1) is 17.0. The van der Waals surface area contributed by atoms with Crippen LogP contribution in [0.15, 0.2) is 12.1 Å². The Balaban J connectivity index is 1.56. The zero-order valence-corrected chi connectivity index (χ0v) is 15.1. The van der Waals surface area contributed by atoms with Crippen LogP contribution in [-0.2, 0) is 16.0 Å². The molecule has 0 spiro atoms. The summed E-state index contributed by atoms with van der Waals surface area (Å²) in [5.74, 6) is 0.740. The minimum absolute atomic E-state index is 0.181. The van der Waals surface area contributed by atoms with Gasteiger partial charge < -0.3 is 9.80 Å². The summed E-state index contributed by atoms with van der Waals surface area (Å²) in [6.45, 7) is 8.96. The number of amides is 2. The number of benzene rings is 1. The minimum atomic E-state index is 0.181. The van der Waals surface area contributed by atoms with Crippen molar-refractivity contribution in [2.24, 2.45) is 5.92 Å². The van der Waals surface area contributed by atoms with Gasteiger partial charge in [0.2, 0.25) is 11.8 Å². The van der Waals surface area contributed by atoms with Crippen molar-refractivity contribution in [3.63, 3.8) is 0 Å². The van der Waals surface area contributed by atoms with Crippen molar-refractivity contribution in [2.45, 2.75) is 46.5 Å². The molecule has 0 N–H and O–H groups in total. The van der Waals surface area contributed by atoms with Crippen LogP contribution in [0.5, 0.6) is 0 Å². The Labute approximate surface area is 144 Å². The van der Waals surface area contributed by atoms with E-state index in [1.807, 2.05) is 9.80 Å². The Bertz CT molecular complexity index is 618. The van der Waals surface area contributed by atoms with Gasteiger partial charge in [0.15, 0.2) is 0 Å². The molecule has 1 heterocycles. The number of hydrogen-bond donors (Lipinski definition) is 0. The van der Waals surface area contributed by atoms with Crippen LogP contribution in [0.2, 0.25) is 0 Å². The molecule has 1 aliphatic carbocycles. The maximum Gasteiger partial charge on any atom is 0.227 e. The average molecular weight is 328 g/mol. The molecular weight excluding hydrogens is 300 g/mol. The van der Waals surface area contributed by atoms with Crippen molar-refractivity contribution >= 4 is 11.8 Å². The molecule has 0 radical (unpaired) electrons. The SMILES string of the molecule is Cc1cc(C)c(CC(=O)N2CCN(C(=O)C3CCC3)CC2)c(C)c1. The maximum absolute atomic E-state index is 12.7. The topological polar surface area (TPSA) is 40.6 Å². The lowest BCUT2D eigenvalue weighted by atomic mass is 9.84. The predicted octanol–water partition coefficient (Wildman–Crippen LogP) is 2.63. The molecule has 0 aromatic heterocycles. The summed E-state index contributed by atoms with van der Waals surface area (Å²) in [4.78, 5) is 28.8. The van der Waals surface area contributed by atoms with Crippen LogP contribution in [0, 0.1) is 26.7 Å². The van der Waals surface area contributed by atoms with E-state index in [4.69, 9.17) is 0 Å². The summed E-state index contributed by atoms with van der Waals surface area (Å²) >= 11 is 0. The molecule has 1 saturated carbocycles. The molecule has 24 heavy (non-hydrogen) atoms. The van der Waals surface area contributed by atoms with E-state index in [9.17, 15) is 9.59 Å². The molecule has 2 amide bonds. The van der Waals surface area contributed by atoms with Crippen molar-refractivity contribution in [2.75, 3.05) is 26.2 Å². The van der Waals surface area contributed by atoms with E-state index in [1.165, 1.54) is 23.1 Å². The zero-order valence-electron chi connectivity index (χ0n) is 15.1. The van der Waals surface area contributed by atoms with Crippen LogP contribution in [-0.4, -0.2) is 47.8 Å². The van der Waals surface area contributed by atoms with Crippen LogP contribution in [0.3, 0.4) is 0 Å².